The molecular formula is C25H28N2O5S. The summed E-state index contributed by atoms with van der Waals surface area (Å²) in [6.45, 7) is 3.49. The molecule has 33 heavy (non-hydrogen) atoms. The second kappa shape index (κ2) is 9.55. The molecule has 4 heterocycles. The van der Waals surface area contributed by atoms with Crippen LogP contribution in [0.4, 0.5) is 0 Å². The van der Waals surface area contributed by atoms with Gasteiger partial charge in [-0.05, 0) is 54.5 Å². The Morgan fingerprint density at radius 2 is 1.64 bits per heavy atom. The van der Waals surface area contributed by atoms with Gasteiger partial charge in [0.2, 0.25) is 11.8 Å². The third-order valence-corrected chi connectivity index (χ3v) is 7.78. The van der Waals surface area contributed by atoms with Gasteiger partial charge in [-0.3, -0.25) is 14.4 Å². The number of rotatable bonds is 5. The van der Waals surface area contributed by atoms with Crippen molar-refractivity contribution in [2.45, 2.75) is 38.6 Å². The number of likely N-dealkylation sites (tertiary alicyclic amines) is 1. The predicted molar refractivity (Wildman–Crippen MR) is 124 cm³/mol. The zero-order chi connectivity index (χ0) is 22.8. The number of ketones is 1. The molecular weight excluding hydrogens is 440 g/mol. The molecule has 7 nitrogen and oxygen atoms in total. The van der Waals surface area contributed by atoms with Gasteiger partial charge in [0.15, 0.2) is 17.3 Å². The molecule has 1 saturated heterocycles. The van der Waals surface area contributed by atoms with Crippen molar-refractivity contribution in [1.29, 1.82) is 0 Å². The van der Waals surface area contributed by atoms with E-state index in [1.54, 1.807) is 34.4 Å². The van der Waals surface area contributed by atoms with Crippen molar-refractivity contribution in [1.82, 2.24) is 9.80 Å². The van der Waals surface area contributed by atoms with E-state index in [1.807, 2.05) is 4.90 Å². The zero-order valence-corrected chi connectivity index (χ0v) is 19.4. The van der Waals surface area contributed by atoms with E-state index in [1.165, 1.54) is 10.4 Å². The number of nitrogens with zero attached hydrogens (tertiary/aromatic N) is 2. The lowest BCUT2D eigenvalue weighted by Crippen LogP contribution is -2.41. The summed E-state index contributed by atoms with van der Waals surface area (Å²) in [7, 11) is 0. The summed E-state index contributed by atoms with van der Waals surface area (Å²) in [4.78, 5) is 43.3. The number of amides is 2. The molecule has 0 bridgehead atoms. The van der Waals surface area contributed by atoms with Crippen molar-refractivity contribution < 1.29 is 23.9 Å². The number of carbonyl (C=O) groups is 3. The lowest BCUT2D eigenvalue weighted by Gasteiger charge is -2.32. The van der Waals surface area contributed by atoms with Gasteiger partial charge in [0.25, 0.3) is 0 Å². The Labute approximate surface area is 197 Å². The summed E-state index contributed by atoms with van der Waals surface area (Å²) in [5.74, 6) is 1.32. The maximum absolute atomic E-state index is 13.0. The number of fused-ring (bicyclic) bond motifs is 2. The van der Waals surface area contributed by atoms with E-state index < -0.39 is 0 Å². The fraction of sp³-hybridized carbons (Fsp3) is 0.480. The maximum Gasteiger partial charge on any atom is 0.223 e. The molecule has 0 aliphatic carbocycles. The average molecular weight is 469 g/mol. The Kier molecular flexibility index (Phi) is 6.35. The number of hydrogen-bond donors (Lipinski definition) is 0. The van der Waals surface area contributed by atoms with E-state index in [0.29, 0.717) is 62.8 Å². The molecule has 0 spiro atoms. The van der Waals surface area contributed by atoms with Gasteiger partial charge in [0, 0.05) is 55.4 Å². The lowest BCUT2D eigenvalue weighted by molar-refractivity contribution is -0.138. The maximum atomic E-state index is 13.0. The molecule has 0 radical (unpaired) electrons. The van der Waals surface area contributed by atoms with Crippen LogP contribution in [0.1, 0.15) is 46.5 Å². The number of piperidine rings is 1. The zero-order valence-electron chi connectivity index (χ0n) is 18.6. The fourth-order valence-corrected chi connectivity index (χ4v) is 5.70. The molecule has 174 valence electrons. The van der Waals surface area contributed by atoms with Crippen molar-refractivity contribution in [2.24, 2.45) is 5.92 Å². The molecule has 3 aliphatic rings. The lowest BCUT2D eigenvalue weighted by atomic mass is 9.88. The molecule has 5 rings (SSSR count). The monoisotopic (exact) mass is 468 g/mol. The number of Topliss-reactive ketones (excluding diaryl/α,β-unsaturated/α-hetero) is 1. The molecule has 1 aromatic heterocycles. The first-order chi connectivity index (χ1) is 16.1. The van der Waals surface area contributed by atoms with Gasteiger partial charge in [-0.1, -0.05) is 0 Å². The Balaban J connectivity index is 1.09. The first kappa shape index (κ1) is 21.9. The number of thiophene rings is 1. The van der Waals surface area contributed by atoms with E-state index >= 15 is 0 Å². The normalized spacial score (nSPS) is 18.1. The molecule has 3 aliphatic heterocycles. The Morgan fingerprint density at radius 1 is 0.909 bits per heavy atom. The predicted octanol–water partition coefficient (Wildman–Crippen LogP) is 3.31. The van der Waals surface area contributed by atoms with Crippen molar-refractivity contribution in [2.75, 3.05) is 32.8 Å². The van der Waals surface area contributed by atoms with Gasteiger partial charge < -0.3 is 19.3 Å². The van der Waals surface area contributed by atoms with Crippen molar-refractivity contribution in [3.63, 3.8) is 0 Å². The van der Waals surface area contributed by atoms with Crippen LogP contribution in [0.2, 0.25) is 0 Å². The second-order valence-corrected chi connectivity index (χ2v) is 9.81. The molecule has 1 fully saturated rings. The molecule has 0 unspecified atom stereocenters. The summed E-state index contributed by atoms with van der Waals surface area (Å²) in [6.07, 6.45) is 2.65. The number of benzene rings is 1. The van der Waals surface area contributed by atoms with Gasteiger partial charge in [0.05, 0.1) is 0 Å². The minimum absolute atomic E-state index is 0.00168. The number of hydrogen-bond acceptors (Lipinski definition) is 6. The van der Waals surface area contributed by atoms with E-state index in [2.05, 4.69) is 11.4 Å². The molecule has 0 N–H and O–H groups in total. The standard InChI is InChI=1S/C25H28N2O5S/c28-23(3-4-24(29)27-11-7-22-19(16-27)8-14-33-22)26-9-5-17(6-10-26)25(30)18-1-2-20-21(15-18)32-13-12-31-20/h1-2,8,14-15,17H,3-7,9-13,16H2. The van der Waals surface area contributed by atoms with Crippen LogP contribution in [-0.2, 0) is 22.6 Å². The van der Waals surface area contributed by atoms with Crippen LogP contribution in [0.25, 0.3) is 0 Å². The van der Waals surface area contributed by atoms with E-state index in [-0.39, 0.29) is 36.4 Å². The van der Waals surface area contributed by atoms with Crippen LogP contribution in [0.5, 0.6) is 11.5 Å². The van der Waals surface area contributed by atoms with E-state index in [0.717, 1.165) is 13.0 Å². The number of carbonyl (C=O) groups excluding carboxylic acids is 3. The molecule has 0 atom stereocenters. The highest BCUT2D eigenvalue weighted by atomic mass is 32.1. The quantitative estimate of drug-likeness (QED) is 0.630. The Bertz CT molecular complexity index is 1060. The van der Waals surface area contributed by atoms with Crippen molar-refractivity contribution in [3.05, 3.63) is 45.6 Å². The van der Waals surface area contributed by atoms with E-state index in [9.17, 15) is 14.4 Å². The van der Waals surface area contributed by atoms with Gasteiger partial charge in [-0.15, -0.1) is 11.3 Å². The topological polar surface area (TPSA) is 76.1 Å². The summed E-state index contributed by atoms with van der Waals surface area (Å²) in [6, 6.07) is 7.43. The van der Waals surface area contributed by atoms with Crippen LogP contribution in [-0.4, -0.2) is 60.2 Å². The van der Waals surface area contributed by atoms with Crippen LogP contribution >= 0.6 is 11.3 Å². The molecule has 2 aromatic rings. The van der Waals surface area contributed by atoms with Gasteiger partial charge in [-0.25, -0.2) is 0 Å². The minimum atomic E-state index is -0.105. The van der Waals surface area contributed by atoms with Crippen LogP contribution in [0.15, 0.2) is 29.6 Å². The minimum Gasteiger partial charge on any atom is -0.486 e. The second-order valence-electron chi connectivity index (χ2n) is 8.81. The summed E-state index contributed by atoms with van der Waals surface area (Å²) in [5, 5.41) is 2.07. The van der Waals surface area contributed by atoms with Gasteiger partial charge in [-0.2, -0.15) is 0 Å². The highest BCUT2D eigenvalue weighted by Crippen LogP contribution is 2.32. The Hall–Kier alpha value is -2.87. The number of ether oxygens (including phenoxy) is 2. The van der Waals surface area contributed by atoms with E-state index in [4.69, 9.17) is 9.47 Å². The summed E-state index contributed by atoms with van der Waals surface area (Å²) in [5.41, 5.74) is 1.86. The molecule has 0 saturated carbocycles. The Morgan fingerprint density at radius 3 is 2.42 bits per heavy atom. The third kappa shape index (κ3) is 4.76. The summed E-state index contributed by atoms with van der Waals surface area (Å²) < 4.78 is 11.1. The highest BCUT2D eigenvalue weighted by Gasteiger charge is 2.29. The SMILES string of the molecule is O=C(c1ccc2c(c1)OCCO2)C1CCN(C(=O)CCC(=O)N2CCc3sccc3C2)CC1. The van der Waals surface area contributed by atoms with Crippen LogP contribution < -0.4 is 9.47 Å². The smallest absolute Gasteiger partial charge is 0.223 e. The third-order valence-electron chi connectivity index (χ3n) is 6.76. The summed E-state index contributed by atoms with van der Waals surface area (Å²) >= 11 is 1.75. The first-order valence-electron chi connectivity index (χ1n) is 11.6. The molecule has 1 aromatic carbocycles. The van der Waals surface area contributed by atoms with Gasteiger partial charge >= 0.3 is 0 Å². The van der Waals surface area contributed by atoms with Crippen molar-refractivity contribution >= 4 is 28.9 Å². The first-order valence-corrected chi connectivity index (χ1v) is 12.5. The van der Waals surface area contributed by atoms with Crippen LogP contribution in [0, 0.1) is 5.92 Å². The fourth-order valence-electron chi connectivity index (χ4n) is 4.81. The van der Waals surface area contributed by atoms with Crippen molar-refractivity contribution in [3.8, 4) is 11.5 Å². The average Bonchev–Trinajstić information content (AvgIpc) is 3.34. The highest BCUT2D eigenvalue weighted by molar-refractivity contribution is 7.10. The van der Waals surface area contributed by atoms with Crippen LogP contribution in [0.3, 0.4) is 0 Å². The molecule has 2 amide bonds. The van der Waals surface area contributed by atoms with Gasteiger partial charge in [0.1, 0.15) is 13.2 Å². The molecule has 8 heteroatoms. The largest absolute Gasteiger partial charge is 0.486 e.